The summed E-state index contributed by atoms with van der Waals surface area (Å²) < 4.78 is 27.3. The van der Waals surface area contributed by atoms with Crippen molar-refractivity contribution in [3.8, 4) is 0 Å². The highest BCUT2D eigenvalue weighted by Crippen LogP contribution is 2.38. The molecule has 1 atom stereocenters. The Kier molecular flexibility index (Phi) is 3.92. The maximum Gasteiger partial charge on any atom is 0.311 e. The number of aromatic nitrogens is 1. The summed E-state index contributed by atoms with van der Waals surface area (Å²) in [5.74, 6) is -1.75. The summed E-state index contributed by atoms with van der Waals surface area (Å²) in [7, 11) is -3.92. The number of carboxylic acid groups (broad SMARTS) is 1. The van der Waals surface area contributed by atoms with Crippen LogP contribution in [-0.2, 0) is 14.8 Å². The molecule has 0 saturated heterocycles. The maximum absolute atomic E-state index is 13.1. The summed E-state index contributed by atoms with van der Waals surface area (Å²) in [5, 5.41) is 9.37. The van der Waals surface area contributed by atoms with E-state index >= 15 is 0 Å². The summed E-state index contributed by atoms with van der Waals surface area (Å²) in [5.41, 5.74) is 7.30. The standard InChI is InChI=1S/C16H17N3O4S/c1-10-8-14(15(17)18-9-10)24(22,23)19-7-6-12(16(20)21)11-4-2-3-5-13(11)19/h2-5,8-9,12H,6-7H2,1H3,(H2,17,18)(H,20,21). The predicted octanol–water partition coefficient (Wildman–Crippen LogP) is 1.74. The molecule has 0 aliphatic carbocycles. The van der Waals surface area contributed by atoms with Crippen molar-refractivity contribution in [1.29, 1.82) is 0 Å². The summed E-state index contributed by atoms with van der Waals surface area (Å²) in [6, 6.07) is 8.12. The fraction of sp³-hybridized carbons (Fsp3) is 0.250. The van der Waals surface area contributed by atoms with Crippen LogP contribution in [0.2, 0.25) is 0 Å². The lowest BCUT2D eigenvalue weighted by molar-refractivity contribution is -0.139. The van der Waals surface area contributed by atoms with E-state index in [0.29, 0.717) is 16.8 Å². The number of aliphatic carboxylic acids is 1. The van der Waals surface area contributed by atoms with Crippen LogP contribution in [-0.4, -0.2) is 31.0 Å². The molecule has 0 saturated carbocycles. The highest BCUT2D eigenvalue weighted by molar-refractivity contribution is 7.93. The van der Waals surface area contributed by atoms with Crippen molar-refractivity contribution in [2.24, 2.45) is 0 Å². The molecule has 7 nitrogen and oxygen atoms in total. The van der Waals surface area contributed by atoms with Crippen molar-refractivity contribution < 1.29 is 18.3 Å². The van der Waals surface area contributed by atoms with Gasteiger partial charge >= 0.3 is 5.97 Å². The number of rotatable bonds is 3. The average molecular weight is 347 g/mol. The van der Waals surface area contributed by atoms with Gasteiger partial charge in [-0.2, -0.15) is 0 Å². The van der Waals surface area contributed by atoms with Crippen LogP contribution in [0.1, 0.15) is 23.5 Å². The Morgan fingerprint density at radius 2 is 2.08 bits per heavy atom. The van der Waals surface area contributed by atoms with E-state index in [2.05, 4.69) is 4.98 Å². The van der Waals surface area contributed by atoms with E-state index in [0.717, 1.165) is 0 Å². The molecular formula is C16H17N3O4S. The van der Waals surface area contributed by atoms with Gasteiger partial charge in [0.25, 0.3) is 10.0 Å². The number of anilines is 2. The van der Waals surface area contributed by atoms with E-state index in [1.54, 1.807) is 31.2 Å². The van der Waals surface area contributed by atoms with Crippen molar-refractivity contribution in [2.75, 3.05) is 16.6 Å². The predicted molar refractivity (Wildman–Crippen MR) is 89.4 cm³/mol. The smallest absolute Gasteiger partial charge is 0.311 e. The molecule has 0 bridgehead atoms. The van der Waals surface area contributed by atoms with Gasteiger partial charge < -0.3 is 10.8 Å². The highest BCUT2D eigenvalue weighted by Gasteiger charge is 2.36. The fourth-order valence-electron chi connectivity index (χ4n) is 2.92. The first-order chi connectivity index (χ1) is 11.3. The molecule has 126 valence electrons. The molecule has 8 heteroatoms. The zero-order chi connectivity index (χ0) is 17.5. The van der Waals surface area contributed by atoms with E-state index in [4.69, 9.17) is 5.73 Å². The molecule has 0 fully saturated rings. The number of aryl methyl sites for hydroxylation is 1. The normalized spacial score (nSPS) is 17.4. The number of hydrogen-bond acceptors (Lipinski definition) is 5. The lowest BCUT2D eigenvalue weighted by Gasteiger charge is -2.33. The molecule has 2 aromatic rings. The van der Waals surface area contributed by atoms with Gasteiger partial charge in [0, 0.05) is 12.7 Å². The van der Waals surface area contributed by atoms with Gasteiger partial charge in [-0.15, -0.1) is 0 Å². The van der Waals surface area contributed by atoms with E-state index < -0.39 is 21.9 Å². The third kappa shape index (κ3) is 2.58. The van der Waals surface area contributed by atoms with Gasteiger partial charge in [-0.3, -0.25) is 9.10 Å². The largest absolute Gasteiger partial charge is 0.481 e. The SMILES string of the molecule is Cc1cnc(N)c(S(=O)(=O)N2CCC(C(=O)O)c3ccccc32)c1. The van der Waals surface area contributed by atoms with Gasteiger partial charge in [-0.05, 0) is 36.6 Å². The van der Waals surface area contributed by atoms with E-state index in [9.17, 15) is 18.3 Å². The van der Waals surface area contributed by atoms with Crippen LogP contribution >= 0.6 is 0 Å². The van der Waals surface area contributed by atoms with Crippen LogP contribution in [0.3, 0.4) is 0 Å². The number of nitrogens with zero attached hydrogens (tertiary/aromatic N) is 2. The Hall–Kier alpha value is -2.61. The molecule has 1 aliphatic heterocycles. The summed E-state index contributed by atoms with van der Waals surface area (Å²) >= 11 is 0. The van der Waals surface area contributed by atoms with Gasteiger partial charge in [0.2, 0.25) is 0 Å². The molecule has 1 aromatic heterocycles. The molecule has 0 amide bonds. The van der Waals surface area contributed by atoms with Gasteiger partial charge in [0.05, 0.1) is 11.6 Å². The Morgan fingerprint density at radius 3 is 2.79 bits per heavy atom. The molecule has 2 heterocycles. The molecule has 1 aliphatic rings. The van der Waals surface area contributed by atoms with Gasteiger partial charge in [0.1, 0.15) is 10.7 Å². The zero-order valence-corrected chi connectivity index (χ0v) is 13.8. The lowest BCUT2D eigenvalue weighted by Crippen LogP contribution is -2.38. The number of sulfonamides is 1. The molecule has 0 spiro atoms. The van der Waals surface area contributed by atoms with E-state index in [-0.39, 0.29) is 23.7 Å². The first-order valence-electron chi connectivity index (χ1n) is 7.39. The molecule has 1 unspecified atom stereocenters. The lowest BCUT2D eigenvalue weighted by atomic mass is 9.91. The Morgan fingerprint density at radius 1 is 1.38 bits per heavy atom. The van der Waals surface area contributed by atoms with Crippen LogP contribution < -0.4 is 10.0 Å². The first-order valence-corrected chi connectivity index (χ1v) is 8.83. The monoisotopic (exact) mass is 347 g/mol. The van der Waals surface area contributed by atoms with Crippen molar-refractivity contribution >= 4 is 27.5 Å². The Labute approximate surface area is 139 Å². The van der Waals surface area contributed by atoms with Gasteiger partial charge in [-0.1, -0.05) is 18.2 Å². The molecule has 3 rings (SSSR count). The second-order valence-corrected chi connectivity index (χ2v) is 7.54. The van der Waals surface area contributed by atoms with Crippen LogP contribution in [0.4, 0.5) is 11.5 Å². The number of hydrogen-bond donors (Lipinski definition) is 2. The molecule has 3 N–H and O–H groups in total. The van der Waals surface area contributed by atoms with Gasteiger partial charge in [0.15, 0.2) is 0 Å². The zero-order valence-electron chi connectivity index (χ0n) is 13.0. The minimum absolute atomic E-state index is 0.0638. The number of para-hydroxylation sites is 1. The molecule has 1 aromatic carbocycles. The quantitative estimate of drug-likeness (QED) is 0.874. The molecule has 0 radical (unpaired) electrons. The third-order valence-corrected chi connectivity index (χ3v) is 5.93. The highest BCUT2D eigenvalue weighted by atomic mass is 32.2. The number of nitrogens with two attached hydrogens (primary N) is 1. The number of benzene rings is 1. The minimum Gasteiger partial charge on any atom is -0.481 e. The molecular weight excluding hydrogens is 330 g/mol. The minimum atomic E-state index is -3.92. The Bertz CT molecular complexity index is 911. The number of pyridine rings is 1. The maximum atomic E-state index is 13.1. The summed E-state index contributed by atoms with van der Waals surface area (Å²) in [6.07, 6.45) is 1.70. The summed E-state index contributed by atoms with van der Waals surface area (Å²) in [6.45, 7) is 1.81. The summed E-state index contributed by atoms with van der Waals surface area (Å²) in [4.78, 5) is 15.3. The van der Waals surface area contributed by atoms with Crippen molar-refractivity contribution in [3.05, 3.63) is 47.7 Å². The van der Waals surface area contributed by atoms with Crippen LogP contribution in [0, 0.1) is 6.92 Å². The second-order valence-electron chi connectivity index (χ2n) is 5.71. The topological polar surface area (TPSA) is 114 Å². The number of fused-ring (bicyclic) bond motifs is 1. The van der Waals surface area contributed by atoms with E-state index in [1.807, 2.05) is 0 Å². The van der Waals surface area contributed by atoms with Crippen molar-refractivity contribution in [3.63, 3.8) is 0 Å². The number of nitrogen functional groups attached to an aromatic ring is 1. The second kappa shape index (κ2) is 5.79. The van der Waals surface area contributed by atoms with Crippen LogP contribution in [0.5, 0.6) is 0 Å². The number of carboxylic acids is 1. The van der Waals surface area contributed by atoms with Gasteiger partial charge in [-0.25, -0.2) is 13.4 Å². The number of carbonyl (C=O) groups is 1. The Balaban J connectivity index is 2.14. The van der Waals surface area contributed by atoms with Crippen LogP contribution in [0.25, 0.3) is 0 Å². The average Bonchev–Trinajstić information content (AvgIpc) is 2.55. The third-order valence-electron chi connectivity index (χ3n) is 4.09. The van der Waals surface area contributed by atoms with Crippen molar-refractivity contribution in [2.45, 2.75) is 24.2 Å². The first kappa shape index (κ1) is 16.3. The molecule has 24 heavy (non-hydrogen) atoms. The van der Waals surface area contributed by atoms with E-state index in [1.165, 1.54) is 16.6 Å². The van der Waals surface area contributed by atoms with Crippen molar-refractivity contribution in [1.82, 2.24) is 4.98 Å². The van der Waals surface area contributed by atoms with Crippen LogP contribution in [0.15, 0.2) is 41.4 Å². The fourth-order valence-corrected chi connectivity index (χ4v) is 4.58.